The van der Waals surface area contributed by atoms with Crippen LogP contribution in [0.4, 0.5) is 5.69 Å². The van der Waals surface area contributed by atoms with E-state index in [1.807, 2.05) is 44.0 Å². The molecule has 0 saturated heterocycles. The Kier molecular flexibility index (Phi) is 6.10. The van der Waals surface area contributed by atoms with Crippen LogP contribution in [-0.2, 0) is 0 Å². The van der Waals surface area contributed by atoms with Crippen molar-refractivity contribution in [3.63, 3.8) is 0 Å². The molecule has 0 amide bonds. The number of halogens is 1. The fourth-order valence-corrected chi connectivity index (χ4v) is 2.27. The molecule has 2 aromatic heterocycles. The number of pyridine rings is 2. The van der Waals surface area contributed by atoms with Gasteiger partial charge in [-0.1, -0.05) is 0 Å². The normalized spacial score (nSPS) is 12.4. The van der Waals surface area contributed by atoms with Gasteiger partial charge in [-0.25, -0.2) is 9.98 Å². The molecule has 2 rings (SSSR count). The van der Waals surface area contributed by atoms with Gasteiger partial charge >= 0.3 is 0 Å². The summed E-state index contributed by atoms with van der Waals surface area (Å²) in [5, 5.41) is 0. The van der Waals surface area contributed by atoms with E-state index in [0.717, 1.165) is 28.0 Å². The van der Waals surface area contributed by atoms with Gasteiger partial charge in [-0.05, 0) is 60.5 Å². The second kappa shape index (κ2) is 8.06. The monoisotopic (exact) mass is 376 g/mol. The molecule has 122 valence electrons. The van der Waals surface area contributed by atoms with Gasteiger partial charge in [0.05, 0.1) is 22.2 Å². The largest absolute Gasteiger partial charge is 0.469 e. The van der Waals surface area contributed by atoms with Gasteiger partial charge in [0.1, 0.15) is 6.10 Å². The zero-order valence-corrected chi connectivity index (χ0v) is 15.4. The molecule has 0 aliphatic heterocycles. The van der Waals surface area contributed by atoms with Gasteiger partial charge in [-0.2, -0.15) is 0 Å². The third-order valence-electron chi connectivity index (χ3n) is 3.46. The van der Waals surface area contributed by atoms with Crippen molar-refractivity contribution in [3.05, 3.63) is 46.3 Å². The van der Waals surface area contributed by atoms with Gasteiger partial charge in [0.2, 0.25) is 5.88 Å². The van der Waals surface area contributed by atoms with Crippen LogP contribution in [0.5, 0.6) is 5.88 Å². The highest BCUT2D eigenvalue weighted by Crippen LogP contribution is 2.32. The first-order chi connectivity index (χ1) is 11.0. The first-order valence-corrected chi connectivity index (χ1v) is 8.28. The lowest BCUT2D eigenvalue weighted by atomic mass is 10.2. The highest BCUT2D eigenvalue weighted by molar-refractivity contribution is 9.10. The lowest BCUT2D eigenvalue weighted by Crippen LogP contribution is -2.14. The van der Waals surface area contributed by atoms with Crippen LogP contribution in [0, 0.1) is 6.92 Å². The highest BCUT2D eigenvalue weighted by atomic mass is 79.9. The van der Waals surface area contributed by atoms with Gasteiger partial charge in [0, 0.05) is 26.0 Å². The summed E-state index contributed by atoms with van der Waals surface area (Å²) >= 11 is 3.52. The molecule has 23 heavy (non-hydrogen) atoms. The van der Waals surface area contributed by atoms with Crippen LogP contribution in [0.1, 0.15) is 31.2 Å². The average molecular weight is 377 g/mol. The van der Waals surface area contributed by atoms with Crippen LogP contribution >= 0.6 is 15.9 Å². The van der Waals surface area contributed by atoms with E-state index < -0.39 is 0 Å². The molecular formula is C17H21BrN4O. The topological polar surface area (TPSA) is 50.6 Å². The number of hydrogen-bond acceptors (Lipinski definition) is 4. The lowest BCUT2D eigenvalue weighted by molar-refractivity contribution is 0.215. The molecule has 0 bridgehead atoms. The van der Waals surface area contributed by atoms with Crippen molar-refractivity contribution in [3.8, 4) is 5.88 Å². The SMILES string of the molecule is CCN(C)C=Nc1cc(Br)c(OC(C)c2ccncc2)nc1C. The highest BCUT2D eigenvalue weighted by Gasteiger charge is 2.13. The van der Waals surface area contributed by atoms with Crippen molar-refractivity contribution >= 4 is 28.0 Å². The van der Waals surface area contributed by atoms with Crippen LogP contribution in [-0.4, -0.2) is 34.8 Å². The second-order valence-corrected chi connectivity index (χ2v) is 6.09. The first-order valence-electron chi connectivity index (χ1n) is 7.49. The first kappa shape index (κ1) is 17.4. The zero-order chi connectivity index (χ0) is 16.8. The summed E-state index contributed by atoms with van der Waals surface area (Å²) in [6.45, 7) is 6.89. The van der Waals surface area contributed by atoms with E-state index in [1.54, 1.807) is 18.7 Å². The molecule has 0 aliphatic rings. The molecule has 1 unspecified atom stereocenters. The Morgan fingerprint density at radius 1 is 1.39 bits per heavy atom. The van der Waals surface area contributed by atoms with Crippen LogP contribution in [0.15, 0.2) is 40.1 Å². The summed E-state index contributed by atoms with van der Waals surface area (Å²) in [5.74, 6) is 0.564. The molecule has 0 saturated carbocycles. The summed E-state index contributed by atoms with van der Waals surface area (Å²) in [6, 6.07) is 5.80. The van der Waals surface area contributed by atoms with Crippen LogP contribution < -0.4 is 4.74 Å². The minimum atomic E-state index is -0.109. The van der Waals surface area contributed by atoms with Crippen LogP contribution in [0.3, 0.4) is 0 Å². The van der Waals surface area contributed by atoms with Gasteiger partial charge in [0.25, 0.3) is 0 Å². The molecular weight excluding hydrogens is 356 g/mol. The molecule has 0 spiro atoms. The van der Waals surface area contributed by atoms with E-state index in [-0.39, 0.29) is 6.10 Å². The number of ether oxygens (including phenoxy) is 1. The van der Waals surface area contributed by atoms with Crippen LogP contribution in [0.2, 0.25) is 0 Å². The Balaban J connectivity index is 2.18. The van der Waals surface area contributed by atoms with E-state index in [0.29, 0.717) is 5.88 Å². The maximum absolute atomic E-state index is 5.97. The number of hydrogen-bond donors (Lipinski definition) is 0. The Morgan fingerprint density at radius 3 is 2.74 bits per heavy atom. The smallest absolute Gasteiger partial charge is 0.228 e. The van der Waals surface area contributed by atoms with Crippen LogP contribution in [0.25, 0.3) is 0 Å². The molecule has 2 aromatic rings. The summed E-state index contributed by atoms with van der Waals surface area (Å²) in [4.78, 5) is 15.0. The maximum Gasteiger partial charge on any atom is 0.228 e. The molecule has 6 heteroatoms. The Labute approximate surface area is 145 Å². The fourth-order valence-electron chi connectivity index (χ4n) is 1.87. The van der Waals surface area contributed by atoms with E-state index in [2.05, 4.69) is 37.8 Å². The quantitative estimate of drug-likeness (QED) is 0.556. The molecule has 0 aromatic carbocycles. The van der Waals surface area contributed by atoms with Gasteiger partial charge in [-0.3, -0.25) is 4.98 Å². The van der Waals surface area contributed by atoms with Gasteiger partial charge in [-0.15, -0.1) is 0 Å². The Morgan fingerprint density at radius 2 is 2.09 bits per heavy atom. The van der Waals surface area contributed by atoms with E-state index in [1.165, 1.54) is 0 Å². The van der Waals surface area contributed by atoms with E-state index >= 15 is 0 Å². The van der Waals surface area contributed by atoms with Crippen molar-refractivity contribution in [2.75, 3.05) is 13.6 Å². The number of nitrogens with zero attached hydrogens (tertiary/aromatic N) is 4. The predicted octanol–water partition coefficient (Wildman–Crippen LogP) is 4.30. The molecule has 0 aliphatic carbocycles. The van der Waals surface area contributed by atoms with Crippen molar-refractivity contribution in [1.29, 1.82) is 0 Å². The minimum absolute atomic E-state index is 0.109. The number of aromatic nitrogens is 2. The molecule has 2 heterocycles. The summed E-state index contributed by atoms with van der Waals surface area (Å²) in [5.41, 5.74) is 2.70. The summed E-state index contributed by atoms with van der Waals surface area (Å²) in [6.07, 6.45) is 5.20. The molecule has 5 nitrogen and oxygen atoms in total. The number of rotatable bonds is 6. The van der Waals surface area contributed by atoms with Gasteiger partial charge < -0.3 is 9.64 Å². The van der Waals surface area contributed by atoms with E-state index in [4.69, 9.17) is 4.74 Å². The third-order valence-corrected chi connectivity index (χ3v) is 4.03. The predicted molar refractivity (Wildman–Crippen MR) is 96.4 cm³/mol. The molecule has 0 N–H and O–H groups in total. The minimum Gasteiger partial charge on any atom is -0.469 e. The fraction of sp³-hybridized carbons (Fsp3) is 0.353. The molecule has 1 atom stereocenters. The van der Waals surface area contributed by atoms with Gasteiger partial charge in [0.15, 0.2) is 0 Å². The number of aliphatic imine (C=N–C) groups is 1. The Bertz CT molecular complexity index is 676. The van der Waals surface area contributed by atoms with Crippen molar-refractivity contribution in [2.45, 2.75) is 26.9 Å². The number of aryl methyl sites for hydroxylation is 1. The summed E-state index contributed by atoms with van der Waals surface area (Å²) in [7, 11) is 1.98. The lowest BCUT2D eigenvalue weighted by Gasteiger charge is -2.16. The Hall–Kier alpha value is -1.95. The molecule has 0 radical (unpaired) electrons. The third kappa shape index (κ3) is 4.76. The standard InChI is InChI=1S/C17H21BrN4O/c1-5-22(4)11-20-16-10-15(18)17(21-12(16)2)23-13(3)14-6-8-19-9-7-14/h6-11,13H,5H2,1-4H3. The van der Waals surface area contributed by atoms with Crippen molar-refractivity contribution in [2.24, 2.45) is 4.99 Å². The zero-order valence-electron chi connectivity index (χ0n) is 13.8. The average Bonchev–Trinajstić information content (AvgIpc) is 2.57. The summed E-state index contributed by atoms with van der Waals surface area (Å²) < 4.78 is 6.75. The maximum atomic E-state index is 5.97. The molecule has 0 fully saturated rings. The van der Waals surface area contributed by atoms with Crippen molar-refractivity contribution in [1.82, 2.24) is 14.9 Å². The second-order valence-electron chi connectivity index (χ2n) is 5.24. The van der Waals surface area contributed by atoms with E-state index in [9.17, 15) is 0 Å². The van der Waals surface area contributed by atoms with Crippen molar-refractivity contribution < 1.29 is 4.74 Å².